The van der Waals surface area contributed by atoms with Gasteiger partial charge in [-0.15, -0.1) is 0 Å². The Balaban J connectivity index is 1.70. The van der Waals surface area contributed by atoms with Gasteiger partial charge in [-0.05, 0) is 24.8 Å². The van der Waals surface area contributed by atoms with E-state index in [-0.39, 0.29) is 17.7 Å². The fourth-order valence-electron chi connectivity index (χ4n) is 3.16. The SMILES string of the molecule is CC(C)c1cc(C(=O)N2CCCC2CC(=O)c2ccccc2)n[nH]1. The number of aromatic amines is 1. The van der Waals surface area contributed by atoms with E-state index < -0.39 is 0 Å². The molecule has 1 atom stereocenters. The lowest BCUT2D eigenvalue weighted by atomic mass is 10.0. The summed E-state index contributed by atoms with van der Waals surface area (Å²) >= 11 is 0. The van der Waals surface area contributed by atoms with Gasteiger partial charge >= 0.3 is 0 Å². The molecule has 3 rings (SSSR count). The summed E-state index contributed by atoms with van der Waals surface area (Å²) in [5, 5.41) is 7.08. The van der Waals surface area contributed by atoms with Crippen LogP contribution in [-0.2, 0) is 0 Å². The molecule has 0 saturated carbocycles. The second-order valence-corrected chi connectivity index (χ2v) is 6.65. The van der Waals surface area contributed by atoms with Gasteiger partial charge < -0.3 is 4.90 Å². The van der Waals surface area contributed by atoms with Crippen LogP contribution in [-0.4, -0.2) is 39.4 Å². The number of Topliss-reactive ketones (excluding diaryl/α,β-unsaturated/α-hetero) is 1. The lowest BCUT2D eigenvalue weighted by Crippen LogP contribution is -2.37. The van der Waals surface area contributed by atoms with Crippen LogP contribution in [0.5, 0.6) is 0 Å². The third-order valence-corrected chi connectivity index (χ3v) is 4.59. The molecule has 1 amide bonds. The fourth-order valence-corrected chi connectivity index (χ4v) is 3.16. The summed E-state index contributed by atoms with van der Waals surface area (Å²) in [5.74, 6) is 0.305. The highest BCUT2D eigenvalue weighted by molar-refractivity contribution is 5.97. The monoisotopic (exact) mass is 325 g/mol. The molecule has 1 fully saturated rings. The molecule has 2 aromatic rings. The van der Waals surface area contributed by atoms with Crippen molar-refractivity contribution in [2.75, 3.05) is 6.54 Å². The number of carbonyl (C=O) groups is 2. The number of amides is 1. The largest absolute Gasteiger partial charge is 0.334 e. The Labute approximate surface area is 142 Å². The fraction of sp³-hybridized carbons (Fsp3) is 0.421. The number of ketones is 1. The second kappa shape index (κ2) is 6.99. The first kappa shape index (κ1) is 16.4. The molecule has 0 radical (unpaired) electrons. The molecule has 1 aliphatic heterocycles. The van der Waals surface area contributed by atoms with Crippen LogP contribution in [0.3, 0.4) is 0 Å². The van der Waals surface area contributed by atoms with E-state index in [2.05, 4.69) is 24.0 Å². The summed E-state index contributed by atoms with van der Waals surface area (Å²) in [6.45, 7) is 4.80. The number of likely N-dealkylation sites (tertiary alicyclic amines) is 1. The molecule has 0 aliphatic carbocycles. The van der Waals surface area contributed by atoms with Crippen LogP contribution < -0.4 is 0 Å². The Kier molecular flexibility index (Phi) is 4.79. The molecule has 0 bridgehead atoms. The van der Waals surface area contributed by atoms with Crippen molar-refractivity contribution in [3.63, 3.8) is 0 Å². The van der Waals surface area contributed by atoms with E-state index in [4.69, 9.17) is 0 Å². The standard InChI is InChI=1S/C19H23N3O2/c1-13(2)16-12-17(21-20-16)19(24)22-10-6-9-15(22)11-18(23)14-7-4-3-5-8-14/h3-5,7-8,12-13,15H,6,9-11H2,1-2H3,(H,20,21). The van der Waals surface area contributed by atoms with Crippen molar-refractivity contribution in [1.82, 2.24) is 15.1 Å². The van der Waals surface area contributed by atoms with Gasteiger partial charge in [0.2, 0.25) is 0 Å². The van der Waals surface area contributed by atoms with Crippen molar-refractivity contribution in [1.29, 1.82) is 0 Å². The van der Waals surface area contributed by atoms with Crippen molar-refractivity contribution in [3.8, 4) is 0 Å². The number of H-pyrrole nitrogens is 1. The number of benzene rings is 1. The van der Waals surface area contributed by atoms with Crippen LogP contribution in [0.4, 0.5) is 0 Å². The minimum absolute atomic E-state index is 0.0376. The summed E-state index contributed by atoms with van der Waals surface area (Å²) < 4.78 is 0. The van der Waals surface area contributed by atoms with Crippen LogP contribution in [0, 0.1) is 0 Å². The molecule has 0 spiro atoms. The van der Waals surface area contributed by atoms with Crippen LogP contribution >= 0.6 is 0 Å². The predicted molar refractivity (Wildman–Crippen MR) is 92.1 cm³/mol. The Hall–Kier alpha value is -2.43. The Bertz CT molecular complexity index is 721. The summed E-state index contributed by atoms with van der Waals surface area (Å²) in [4.78, 5) is 27.0. The Morgan fingerprint density at radius 2 is 2.04 bits per heavy atom. The number of aromatic nitrogens is 2. The van der Waals surface area contributed by atoms with E-state index in [9.17, 15) is 9.59 Å². The van der Waals surface area contributed by atoms with Crippen LogP contribution in [0.1, 0.15) is 65.6 Å². The molecule has 1 aromatic carbocycles. The molecule has 1 unspecified atom stereocenters. The maximum atomic E-state index is 12.7. The van der Waals surface area contributed by atoms with E-state index in [1.165, 1.54) is 0 Å². The molecule has 24 heavy (non-hydrogen) atoms. The first-order valence-corrected chi connectivity index (χ1v) is 8.50. The molecule has 1 N–H and O–H groups in total. The van der Waals surface area contributed by atoms with Gasteiger partial charge in [0.1, 0.15) is 5.69 Å². The normalized spacial score (nSPS) is 17.5. The van der Waals surface area contributed by atoms with E-state index in [1.54, 1.807) is 4.90 Å². The maximum Gasteiger partial charge on any atom is 0.274 e. The Morgan fingerprint density at radius 1 is 1.29 bits per heavy atom. The van der Waals surface area contributed by atoms with Crippen LogP contribution in [0.15, 0.2) is 36.4 Å². The first-order chi connectivity index (χ1) is 11.6. The first-order valence-electron chi connectivity index (χ1n) is 8.50. The van der Waals surface area contributed by atoms with Crippen molar-refractivity contribution in [2.45, 2.75) is 45.1 Å². The van der Waals surface area contributed by atoms with Gasteiger partial charge in [0.05, 0.1) is 0 Å². The third-order valence-electron chi connectivity index (χ3n) is 4.59. The van der Waals surface area contributed by atoms with Crippen molar-refractivity contribution in [3.05, 3.63) is 53.3 Å². The zero-order valence-electron chi connectivity index (χ0n) is 14.2. The highest BCUT2D eigenvalue weighted by Crippen LogP contribution is 2.24. The van der Waals surface area contributed by atoms with Gasteiger partial charge in [-0.2, -0.15) is 5.10 Å². The third kappa shape index (κ3) is 3.40. The average molecular weight is 325 g/mol. The van der Waals surface area contributed by atoms with Crippen molar-refractivity contribution < 1.29 is 9.59 Å². The van der Waals surface area contributed by atoms with Gasteiger partial charge in [0.15, 0.2) is 5.78 Å². The maximum absolute atomic E-state index is 12.7. The molecule has 5 nitrogen and oxygen atoms in total. The topological polar surface area (TPSA) is 66.1 Å². The summed E-state index contributed by atoms with van der Waals surface area (Å²) in [5.41, 5.74) is 2.10. The highest BCUT2D eigenvalue weighted by atomic mass is 16.2. The molecule has 5 heteroatoms. The molecule has 126 valence electrons. The molecule has 1 saturated heterocycles. The summed E-state index contributed by atoms with van der Waals surface area (Å²) in [6.07, 6.45) is 2.17. The van der Waals surface area contributed by atoms with Crippen LogP contribution in [0.25, 0.3) is 0 Å². The van der Waals surface area contributed by atoms with Gasteiger partial charge in [0, 0.05) is 30.3 Å². The summed E-state index contributed by atoms with van der Waals surface area (Å²) in [7, 11) is 0. The smallest absolute Gasteiger partial charge is 0.274 e. The molecule has 1 aliphatic rings. The quantitative estimate of drug-likeness (QED) is 0.857. The van der Waals surface area contributed by atoms with Gasteiger partial charge in [-0.1, -0.05) is 44.2 Å². The molecule has 1 aromatic heterocycles. The lowest BCUT2D eigenvalue weighted by Gasteiger charge is -2.23. The number of nitrogens with zero attached hydrogens (tertiary/aromatic N) is 2. The number of nitrogens with one attached hydrogen (secondary N) is 1. The molecular weight excluding hydrogens is 302 g/mol. The van der Waals surface area contributed by atoms with E-state index in [0.717, 1.165) is 18.5 Å². The molecular formula is C19H23N3O2. The van der Waals surface area contributed by atoms with E-state index in [1.807, 2.05) is 36.4 Å². The predicted octanol–water partition coefficient (Wildman–Crippen LogP) is 3.41. The summed E-state index contributed by atoms with van der Waals surface area (Å²) in [6, 6.07) is 11.1. The number of hydrogen-bond donors (Lipinski definition) is 1. The van der Waals surface area contributed by atoms with Crippen molar-refractivity contribution in [2.24, 2.45) is 0 Å². The van der Waals surface area contributed by atoms with Crippen molar-refractivity contribution >= 4 is 11.7 Å². The number of hydrogen-bond acceptors (Lipinski definition) is 3. The number of carbonyl (C=O) groups excluding carboxylic acids is 2. The van der Waals surface area contributed by atoms with Gasteiger partial charge in [-0.25, -0.2) is 0 Å². The molecule has 2 heterocycles. The van der Waals surface area contributed by atoms with Gasteiger partial charge in [-0.3, -0.25) is 14.7 Å². The highest BCUT2D eigenvalue weighted by Gasteiger charge is 2.32. The second-order valence-electron chi connectivity index (χ2n) is 6.65. The Morgan fingerprint density at radius 3 is 2.71 bits per heavy atom. The zero-order valence-corrected chi connectivity index (χ0v) is 14.2. The zero-order chi connectivity index (χ0) is 17.1. The number of rotatable bonds is 5. The minimum atomic E-state index is -0.0819. The minimum Gasteiger partial charge on any atom is -0.334 e. The average Bonchev–Trinajstić information content (AvgIpc) is 3.24. The van der Waals surface area contributed by atoms with E-state index in [0.29, 0.717) is 30.1 Å². The van der Waals surface area contributed by atoms with Gasteiger partial charge in [0.25, 0.3) is 5.91 Å². The van der Waals surface area contributed by atoms with Crippen LogP contribution in [0.2, 0.25) is 0 Å². The van der Waals surface area contributed by atoms with E-state index >= 15 is 0 Å². The lowest BCUT2D eigenvalue weighted by molar-refractivity contribution is 0.0711.